The molecule has 0 aromatic carbocycles. The molecule has 0 spiro atoms. The molecule has 5 nitrogen and oxygen atoms in total. The molecule has 1 unspecified atom stereocenters. The standard InChI is InChI=1S/C15H24N2O3S/c1-3-13(11-18)17-7-5-16(6-8-17)10-12-4-9-21-14(12)15(19)20-2/h4,9,13,18H,3,5-8,10-11H2,1-2H3. The summed E-state index contributed by atoms with van der Waals surface area (Å²) in [4.78, 5) is 17.1. The Morgan fingerprint density at radius 1 is 1.43 bits per heavy atom. The summed E-state index contributed by atoms with van der Waals surface area (Å²) in [6.45, 7) is 7.00. The quantitative estimate of drug-likeness (QED) is 0.805. The van der Waals surface area contributed by atoms with Gasteiger partial charge in [0.1, 0.15) is 4.88 Å². The van der Waals surface area contributed by atoms with Crippen molar-refractivity contribution in [3.8, 4) is 0 Å². The highest BCUT2D eigenvalue weighted by molar-refractivity contribution is 7.12. The molecule has 1 saturated heterocycles. The van der Waals surface area contributed by atoms with E-state index in [2.05, 4.69) is 16.7 Å². The van der Waals surface area contributed by atoms with Crippen LogP contribution in [-0.4, -0.2) is 66.8 Å². The van der Waals surface area contributed by atoms with Crippen molar-refractivity contribution in [3.63, 3.8) is 0 Å². The zero-order valence-electron chi connectivity index (χ0n) is 12.7. The second-order valence-corrected chi connectivity index (χ2v) is 6.24. The van der Waals surface area contributed by atoms with Crippen molar-refractivity contribution in [2.24, 2.45) is 0 Å². The highest BCUT2D eigenvalue weighted by Gasteiger charge is 2.23. The van der Waals surface area contributed by atoms with E-state index in [1.54, 1.807) is 0 Å². The third-order valence-corrected chi connectivity index (χ3v) is 5.05. The van der Waals surface area contributed by atoms with Crippen LogP contribution in [0.3, 0.4) is 0 Å². The summed E-state index contributed by atoms with van der Waals surface area (Å²) in [5.74, 6) is -0.245. The Bertz CT molecular complexity index is 452. The summed E-state index contributed by atoms with van der Waals surface area (Å²) in [6, 6.07) is 2.28. The molecule has 0 amide bonds. The summed E-state index contributed by atoms with van der Waals surface area (Å²) in [5, 5.41) is 11.3. The van der Waals surface area contributed by atoms with Gasteiger partial charge in [0, 0.05) is 38.8 Å². The minimum absolute atomic E-state index is 0.230. The average molecular weight is 312 g/mol. The van der Waals surface area contributed by atoms with Gasteiger partial charge in [0.05, 0.1) is 13.7 Å². The summed E-state index contributed by atoms with van der Waals surface area (Å²) in [5.41, 5.74) is 1.05. The Balaban J connectivity index is 1.89. The van der Waals surface area contributed by atoms with Crippen LogP contribution in [0.25, 0.3) is 0 Å². The largest absolute Gasteiger partial charge is 0.465 e. The monoisotopic (exact) mass is 312 g/mol. The minimum Gasteiger partial charge on any atom is -0.465 e. The Morgan fingerprint density at radius 3 is 2.71 bits per heavy atom. The molecule has 1 aliphatic heterocycles. The van der Waals surface area contributed by atoms with Gasteiger partial charge >= 0.3 is 5.97 Å². The van der Waals surface area contributed by atoms with Crippen LogP contribution in [0.2, 0.25) is 0 Å². The topological polar surface area (TPSA) is 53.0 Å². The van der Waals surface area contributed by atoms with E-state index in [1.807, 2.05) is 11.4 Å². The van der Waals surface area contributed by atoms with Crippen molar-refractivity contribution in [2.75, 3.05) is 39.9 Å². The zero-order valence-corrected chi connectivity index (χ0v) is 13.6. The van der Waals surface area contributed by atoms with Crippen LogP contribution < -0.4 is 0 Å². The lowest BCUT2D eigenvalue weighted by molar-refractivity contribution is 0.0577. The molecule has 118 valence electrons. The number of methoxy groups -OCH3 is 1. The first-order valence-electron chi connectivity index (χ1n) is 7.41. The maximum atomic E-state index is 11.7. The predicted molar refractivity (Wildman–Crippen MR) is 83.7 cm³/mol. The van der Waals surface area contributed by atoms with Crippen molar-refractivity contribution in [1.82, 2.24) is 9.80 Å². The van der Waals surface area contributed by atoms with E-state index >= 15 is 0 Å². The Kier molecular flexibility index (Phi) is 6.17. The highest BCUT2D eigenvalue weighted by atomic mass is 32.1. The van der Waals surface area contributed by atoms with Crippen LogP contribution >= 0.6 is 11.3 Å². The molecule has 1 aliphatic rings. The molecule has 0 aliphatic carbocycles. The lowest BCUT2D eigenvalue weighted by atomic mass is 10.1. The van der Waals surface area contributed by atoms with E-state index in [4.69, 9.17) is 4.74 Å². The number of aliphatic hydroxyl groups is 1. The van der Waals surface area contributed by atoms with Gasteiger partial charge in [-0.05, 0) is 23.4 Å². The second kappa shape index (κ2) is 7.89. The van der Waals surface area contributed by atoms with Crippen LogP contribution in [0.1, 0.15) is 28.6 Å². The van der Waals surface area contributed by atoms with Crippen molar-refractivity contribution < 1.29 is 14.6 Å². The zero-order chi connectivity index (χ0) is 15.2. The number of nitrogens with zero attached hydrogens (tertiary/aromatic N) is 2. The first-order valence-corrected chi connectivity index (χ1v) is 8.29. The van der Waals surface area contributed by atoms with E-state index in [0.29, 0.717) is 4.88 Å². The molecule has 2 heterocycles. The number of aliphatic hydroxyl groups excluding tert-OH is 1. The average Bonchev–Trinajstić information content (AvgIpc) is 2.97. The summed E-state index contributed by atoms with van der Waals surface area (Å²) >= 11 is 1.44. The molecular formula is C15H24N2O3S. The summed E-state index contributed by atoms with van der Waals surface area (Å²) in [6.07, 6.45) is 0.980. The SMILES string of the molecule is CCC(CO)N1CCN(Cc2ccsc2C(=O)OC)CC1. The van der Waals surface area contributed by atoms with Gasteiger partial charge in [0.25, 0.3) is 0 Å². The fraction of sp³-hybridized carbons (Fsp3) is 0.667. The van der Waals surface area contributed by atoms with Crippen LogP contribution in [0.15, 0.2) is 11.4 Å². The van der Waals surface area contributed by atoms with Crippen LogP contribution in [0.5, 0.6) is 0 Å². The number of hydrogen-bond acceptors (Lipinski definition) is 6. The Labute approximate surface area is 130 Å². The van der Waals surface area contributed by atoms with Gasteiger partial charge < -0.3 is 9.84 Å². The number of piperazine rings is 1. The first-order chi connectivity index (χ1) is 10.2. The molecule has 0 saturated carbocycles. The summed E-state index contributed by atoms with van der Waals surface area (Å²) in [7, 11) is 1.42. The molecule has 1 fully saturated rings. The molecule has 1 aromatic rings. The van der Waals surface area contributed by atoms with Crippen LogP contribution in [-0.2, 0) is 11.3 Å². The Morgan fingerprint density at radius 2 is 2.14 bits per heavy atom. The van der Waals surface area contributed by atoms with Gasteiger partial charge in [-0.1, -0.05) is 6.92 Å². The molecule has 0 bridgehead atoms. The highest BCUT2D eigenvalue weighted by Crippen LogP contribution is 2.20. The fourth-order valence-electron chi connectivity index (χ4n) is 2.76. The number of carbonyl (C=O) groups excluding carboxylic acids is 1. The van der Waals surface area contributed by atoms with Crippen LogP contribution in [0, 0.1) is 0 Å². The molecule has 1 N–H and O–H groups in total. The fourth-order valence-corrected chi connectivity index (χ4v) is 3.59. The van der Waals surface area contributed by atoms with E-state index < -0.39 is 0 Å². The van der Waals surface area contributed by atoms with Crippen LogP contribution in [0.4, 0.5) is 0 Å². The molecule has 1 aromatic heterocycles. The van der Waals surface area contributed by atoms with E-state index in [1.165, 1.54) is 18.4 Å². The second-order valence-electron chi connectivity index (χ2n) is 5.32. The molecule has 0 radical (unpaired) electrons. The molecule has 21 heavy (non-hydrogen) atoms. The predicted octanol–water partition coefficient (Wildman–Crippen LogP) is 1.42. The van der Waals surface area contributed by atoms with Gasteiger partial charge in [-0.2, -0.15) is 0 Å². The Hall–Kier alpha value is -0.950. The van der Waals surface area contributed by atoms with E-state index in [9.17, 15) is 9.90 Å². The third-order valence-electron chi connectivity index (χ3n) is 4.12. The number of hydrogen-bond donors (Lipinski definition) is 1. The van der Waals surface area contributed by atoms with E-state index in [-0.39, 0.29) is 18.6 Å². The van der Waals surface area contributed by atoms with E-state index in [0.717, 1.165) is 44.7 Å². The van der Waals surface area contributed by atoms with Gasteiger partial charge in [0.2, 0.25) is 0 Å². The number of thiophene rings is 1. The van der Waals surface area contributed by atoms with Crippen molar-refractivity contribution in [2.45, 2.75) is 25.9 Å². The molecular weight excluding hydrogens is 288 g/mol. The maximum Gasteiger partial charge on any atom is 0.348 e. The van der Waals surface area contributed by atoms with Crippen molar-refractivity contribution >= 4 is 17.3 Å². The lowest BCUT2D eigenvalue weighted by Crippen LogP contribution is -2.50. The van der Waals surface area contributed by atoms with Gasteiger partial charge in [-0.15, -0.1) is 11.3 Å². The number of rotatable bonds is 6. The summed E-state index contributed by atoms with van der Waals surface area (Å²) < 4.78 is 4.82. The maximum absolute atomic E-state index is 11.7. The van der Waals surface area contributed by atoms with Crippen molar-refractivity contribution in [3.05, 3.63) is 21.9 Å². The molecule has 2 rings (SSSR count). The number of ether oxygens (including phenoxy) is 1. The van der Waals surface area contributed by atoms with Crippen molar-refractivity contribution in [1.29, 1.82) is 0 Å². The third kappa shape index (κ3) is 4.03. The molecule has 6 heteroatoms. The first kappa shape index (κ1) is 16.4. The normalized spacial score (nSPS) is 18.6. The molecule has 1 atom stereocenters. The smallest absolute Gasteiger partial charge is 0.348 e. The number of carbonyl (C=O) groups is 1. The minimum atomic E-state index is -0.245. The van der Waals surface area contributed by atoms with Gasteiger partial charge in [-0.3, -0.25) is 9.80 Å². The lowest BCUT2D eigenvalue weighted by Gasteiger charge is -2.38. The van der Waals surface area contributed by atoms with Gasteiger partial charge in [-0.25, -0.2) is 4.79 Å². The number of esters is 1. The van der Waals surface area contributed by atoms with Gasteiger partial charge in [0.15, 0.2) is 0 Å².